The molecule has 2 saturated heterocycles. The van der Waals surface area contributed by atoms with Gasteiger partial charge in [0.25, 0.3) is 0 Å². The lowest BCUT2D eigenvalue weighted by molar-refractivity contribution is 0.106. The molecule has 6 heteroatoms. The molecule has 0 radical (unpaired) electrons. The normalized spacial score (nSPS) is 26.5. The van der Waals surface area contributed by atoms with Crippen molar-refractivity contribution < 1.29 is 12.8 Å². The molecule has 2 aliphatic carbocycles. The molecule has 6 rings (SSSR count). The molecule has 1 saturated carbocycles. The van der Waals surface area contributed by atoms with Crippen LogP contribution in [0, 0.1) is 11.7 Å². The van der Waals surface area contributed by atoms with Gasteiger partial charge in [0.15, 0.2) is 0 Å². The molecule has 4 aliphatic rings. The van der Waals surface area contributed by atoms with Gasteiger partial charge < -0.3 is 0 Å². The quantitative estimate of drug-likeness (QED) is 0.637. The summed E-state index contributed by atoms with van der Waals surface area (Å²) in [4.78, 5) is 2.58. The zero-order valence-electron chi connectivity index (χ0n) is 18.4. The first-order chi connectivity index (χ1) is 15.5. The van der Waals surface area contributed by atoms with E-state index >= 15 is 0 Å². The Bertz CT molecular complexity index is 1120. The first-order valence-electron chi connectivity index (χ1n) is 12.1. The summed E-state index contributed by atoms with van der Waals surface area (Å²) in [6, 6.07) is 14.3. The second kappa shape index (κ2) is 7.93. The molecule has 0 aromatic heterocycles. The molecule has 170 valence electrons. The summed E-state index contributed by atoms with van der Waals surface area (Å²) in [5, 5.41) is 0. The van der Waals surface area contributed by atoms with Crippen LogP contribution in [0.5, 0.6) is 0 Å². The summed E-state index contributed by atoms with van der Waals surface area (Å²) in [6.07, 6.45) is 5.29. The van der Waals surface area contributed by atoms with E-state index in [1.807, 2.05) is 6.07 Å². The monoisotopic (exact) mass is 454 g/mol. The second-order valence-corrected chi connectivity index (χ2v) is 12.3. The van der Waals surface area contributed by atoms with E-state index in [0.717, 1.165) is 44.3 Å². The van der Waals surface area contributed by atoms with E-state index in [1.165, 1.54) is 29.2 Å². The fourth-order valence-corrected chi connectivity index (χ4v) is 7.71. The van der Waals surface area contributed by atoms with Crippen LogP contribution in [0.4, 0.5) is 4.39 Å². The Balaban J connectivity index is 1.22. The molecule has 3 fully saturated rings. The minimum absolute atomic E-state index is 0.170. The van der Waals surface area contributed by atoms with Gasteiger partial charge in [0.1, 0.15) is 5.82 Å². The van der Waals surface area contributed by atoms with Crippen LogP contribution in [0.15, 0.2) is 42.5 Å². The summed E-state index contributed by atoms with van der Waals surface area (Å²) in [7, 11) is -3.09. The van der Waals surface area contributed by atoms with Gasteiger partial charge in [-0.25, -0.2) is 17.1 Å². The van der Waals surface area contributed by atoms with E-state index in [-0.39, 0.29) is 11.7 Å². The van der Waals surface area contributed by atoms with Gasteiger partial charge in [-0.3, -0.25) is 4.90 Å². The number of benzene rings is 2. The standard InChI is InChI=1S/C26H31FN2O2S/c27-23-4-1-3-19(11-23)12-25-24-13-20(7-8-21(24)14-26(25)28-9-2-10-28)22-15-29(16-22)32(30,31)17-18-5-6-18/h1,3-4,7-8,11,13,18,22,25-26H,2,5-6,9-10,12,14-17H2. The van der Waals surface area contributed by atoms with E-state index in [9.17, 15) is 12.8 Å². The molecule has 2 aromatic carbocycles. The van der Waals surface area contributed by atoms with Crippen LogP contribution in [0.1, 0.15) is 53.4 Å². The van der Waals surface area contributed by atoms with Crippen molar-refractivity contribution in [3.63, 3.8) is 0 Å². The molecular formula is C26H31FN2O2S. The number of rotatable bonds is 7. The van der Waals surface area contributed by atoms with Gasteiger partial charge in [-0.2, -0.15) is 0 Å². The second-order valence-electron chi connectivity index (χ2n) is 10.3. The zero-order valence-corrected chi connectivity index (χ0v) is 19.2. The Morgan fingerprint density at radius 2 is 1.84 bits per heavy atom. The Hall–Kier alpha value is -1.76. The minimum atomic E-state index is -3.09. The summed E-state index contributed by atoms with van der Waals surface area (Å²) in [5.74, 6) is 1.20. The molecule has 2 unspecified atom stereocenters. The van der Waals surface area contributed by atoms with E-state index < -0.39 is 10.0 Å². The third-order valence-electron chi connectivity index (χ3n) is 8.02. The Labute approximate surface area is 190 Å². The number of fused-ring (bicyclic) bond motifs is 1. The van der Waals surface area contributed by atoms with Crippen molar-refractivity contribution in [1.29, 1.82) is 0 Å². The number of likely N-dealkylation sites (tertiary alicyclic amines) is 1. The molecule has 32 heavy (non-hydrogen) atoms. The van der Waals surface area contributed by atoms with E-state index in [1.54, 1.807) is 16.4 Å². The highest BCUT2D eigenvalue weighted by Gasteiger charge is 2.42. The minimum Gasteiger partial charge on any atom is -0.299 e. The predicted molar refractivity (Wildman–Crippen MR) is 124 cm³/mol. The highest BCUT2D eigenvalue weighted by Crippen LogP contribution is 2.42. The van der Waals surface area contributed by atoms with Crippen molar-refractivity contribution in [3.8, 4) is 0 Å². The maximum atomic E-state index is 13.8. The highest BCUT2D eigenvalue weighted by molar-refractivity contribution is 7.89. The average Bonchev–Trinajstić information content (AvgIpc) is 3.40. The van der Waals surface area contributed by atoms with Crippen LogP contribution in [-0.4, -0.2) is 55.6 Å². The highest BCUT2D eigenvalue weighted by atomic mass is 32.2. The Morgan fingerprint density at radius 3 is 2.53 bits per heavy atom. The molecule has 2 heterocycles. The van der Waals surface area contributed by atoms with Gasteiger partial charge in [0.05, 0.1) is 5.75 Å². The lowest BCUT2D eigenvalue weighted by atomic mass is 9.86. The molecule has 0 N–H and O–H groups in total. The lowest BCUT2D eigenvalue weighted by Gasteiger charge is -2.40. The molecule has 2 aromatic rings. The summed E-state index contributed by atoms with van der Waals surface area (Å²) in [5.41, 5.74) is 5.11. The van der Waals surface area contributed by atoms with Crippen molar-refractivity contribution >= 4 is 10.0 Å². The van der Waals surface area contributed by atoms with Gasteiger partial charge in [-0.1, -0.05) is 30.3 Å². The molecule has 2 atom stereocenters. The summed E-state index contributed by atoms with van der Waals surface area (Å²) < 4.78 is 40.6. The van der Waals surface area contributed by atoms with E-state index in [0.29, 0.717) is 36.7 Å². The SMILES string of the molecule is O=S(=O)(CC1CC1)N1CC(c2ccc3c(c2)C(Cc2cccc(F)c2)C(N2CCC2)C3)C1. The predicted octanol–water partition coefficient (Wildman–Crippen LogP) is 3.92. The zero-order chi connectivity index (χ0) is 21.9. The van der Waals surface area contributed by atoms with Crippen LogP contribution in [0.3, 0.4) is 0 Å². The Kier molecular flexibility index (Phi) is 5.16. The average molecular weight is 455 g/mol. The van der Waals surface area contributed by atoms with E-state index in [2.05, 4.69) is 23.1 Å². The molecule has 4 nitrogen and oxygen atoms in total. The van der Waals surface area contributed by atoms with Crippen LogP contribution >= 0.6 is 0 Å². The lowest BCUT2D eigenvalue weighted by Crippen LogP contribution is -2.49. The van der Waals surface area contributed by atoms with Crippen molar-refractivity contribution in [2.75, 3.05) is 31.9 Å². The number of halogens is 1. The smallest absolute Gasteiger partial charge is 0.214 e. The van der Waals surface area contributed by atoms with Gasteiger partial charge in [-0.05, 0) is 85.5 Å². The molecule has 0 amide bonds. The Morgan fingerprint density at radius 1 is 1.03 bits per heavy atom. The van der Waals surface area contributed by atoms with E-state index in [4.69, 9.17) is 0 Å². The molecule has 0 bridgehead atoms. The van der Waals surface area contributed by atoms with Crippen molar-refractivity contribution in [2.45, 2.75) is 50.0 Å². The third kappa shape index (κ3) is 3.91. The topological polar surface area (TPSA) is 40.6 Å². The number of nitrogens with zero attached hydrogens (tertiary/aromatic N) is 2. The third-order valence-corrected chi connectivity index (χ3v) is 10.0. The van der Waals surface area contributed by atoms with Crippen molar-refractivity contribution in [2.24, 2.45) is 5.92 Å². The number of hydrogen-bond acceptors (Lipinski definition) is 3. The maximum Gasteiger partial charge on any atom is 0.214 e. The first kappa shape index (κ1) is 20.8. The fraction of sp³-hybridized carbons (Fsp3) is 0.538. The van der Waals surface area contributed by atoms with Crippen LogP contribution in [0.2, 0.25) is 0 Å². The first-order valence-corrected chi connectivity index (χ1v) is 13.7. The molecular weight excluding hydrogens is 423 g/mol. The van der Waals surface area contributed by atoms with Gasteiger partial charge in [0.2, 0.25) is 10.0 Å². The summed E-state index contributed by atoms with van der Waals surface area (Å²) in [6.45, 7) is 3.53. The van der Waals surface area contributed by atoms with Gasteiger partial charge >= 0.3 is 0 Å². The van der Waals surface area contributed by atoms with Crippen LogP contribution in [-0.2, 0) is 22.9 Å². The maximum absolute atomic E-state index is 13.8. The largest absolute Gasteiger partial charge is 0.299 e. The molecule has 2 aliphatic heterocycles. The van der Waals surface area contributed by atoms with Crippen LogP contribution in [0.25, 0.3) is 0 Å². The van der Waals surface area contributed by atoms with Crippen molar-refractivity contribution in [3.05, 3.63) is 70.5 Å². The number of sulfonamides is 1. The molecule has 0 spiro atoms. The van der Waals surface area contributed by atoms with Gasteiger partial charge in [-0.15, -0.1) is 0 Å². The number of hydrogen-bond donors (Lipinski definition) is 0. The summed E-state index contributed by atoms with van der Waals surface area (Å²) >= 11 is 0. The fourth-order valence-electron chi connectivity index (χ4n) is 5.76. The van der Waals surface area contributed by atoms with Crippen molar-refractivity contribution in [1.82, 2.24) is 9.21 Å². The van der Waals surface area contributed by atoms with Crippen LogP contribution < -0.4 is 0 Å². The van der Waals surface area contributed by atoms with Gasteiger partial charge in [0, 0.05) is 31.0 Å².